The number of benzene rings is 3. The maximum absolute atomic E-state index is 15.5. The Hall–Kier alpha value is -6.03. The fraction of sp³-hybridized carbons (Fsp3) is 0.429. The fourth-order valence-electron chi connectivity index (χ4n) is 9.34. The number of rotatable bonds is 12. The van der Waals surface area contributed by atoms with E-state index in [0.717, 1.165) is 96.9 Å². The van der Waals surface area contributed by atoms with Gasteiger partial charge in [0.05, 0.1) is 22.2 Å². The maximum atomic E-state index is 15.5. The summed E-state index contributed by atoms with van der Waals surface area (Å²) in [5.41, 5.74) is 2.88. The van der Waals surface area contributed by atoms with Gasteiger partial charge in [0.1, 0.15) is 35.5 Å². The molecule has 16 heteroatoms. The topological polar surface area (TPSA) is 180 Å². The standard InChI is InChI=1S/C42H44FN9O6/c1-44-39(54)35(6-3-17-53)52-40(55)30-20-33(43)36(21-31(30)41(52)56)51-23-42(24-51)13-9-25(10-14-42)22-50-15-11-28(12-16-50)57-29-5-2-4-26(18-29)37-32-19-27(38-45-48-49-46-38)7-8-34(32)47-58-37/h2,4-5,7-8,17-21,25,28,35H,3,6,9-16,22-24H2,1H3,(H,44,54)(H,45,46,48,49). The first-order valence-electron chi connectivity index (χ1n) is 20.0. The van der Waals surface area contributed by atoms with Gasteiger partial charge in [0.15, 0.2) is 5.76 Å². The second kappa shape index (κ2) is 15.4. The summed E-state index contributed by atoms with van der Waals surface area (Å²) in [5, 5.41) is 21.9. The Bertz CT molecular complexity index is 2360. The van der Waals surface area contributed by atoms with Crippen molar-refractivity contribution in [3.05, 3.63) is 71.5 Å². The molecular weight excluding hydrogens is 746 g/mol. The number of nitrogens with zero attached hydrogens (tertiary/aromatic N) is 7. The van der Waals surface area contributed by atoms with Crippen LogP contribution in [0.2, 0.25) is 0 Å². The Morgan fingerprint density at radius 2 is 1.81 bits per heavy atom. The van der Waals surface area contributed by atoms with Crippen LogP contribution in [0.4, 0.5) is 10.1 Å². The van der Waals surface area contributed by atoms with Crippen LogP contribution in [0.15, 0.2) is 59.1 Å². The Kier molecular flexibility index (Phi) is 9.95. The van der Waals surface area contributed by atoms with Crippen molar-refractivity contribution in [3.8, 4) is 28.5 Å². The third-order valence-corrected chi connectivity index (χ3v) is 12.5. The zero-order valence-electron chi connectivity index (χ0n) is 32.2. The number of likely N-dealkylation sites (tertiary alicyclic amines) is 1. The Labute approximate surface area is 333 Å². The molecule has 58 heavy (non-hydrogen) atoms. The number of hydrogen-bond acceptors (Lipinski definition) is 12. The quantitative estimate of drug-likeness (QED) is 0.127. The van der Waals surface area contributed by atoms with Gasteiger partial charge in [-0.25, -0.2) is 4.39 Å². The van der Waals surface area contributed by atoms with E-state index >= 15 is 4.39 Å². The highest BCUT2D eigenvalue weighted by atomic mass is 19.1. The number of piperidine rings is 1. The molecule has 3 aromatic carbocycles. The van der Waals surface area contributed by atoms with Gasteiger partial charge in [-0.05, 0) is 98.5 Å². The van der Waals surface area contributed by atoms with Crippen LogP contribution in [0.25, 0.3) is 33.6 Å². The number of aromatic nitrogens is 5. The highest BCUT2D eigenvalue weighted by Gasteiger charge is 2.48. The molecule has 5 aromatic rings. The lowest BCUT2D eigenvalue weighted by molar-refractivity contribution is -0.124. The van der Waals surface area contributed by atoms with Crippen molar-refractivity contribution in [2.45, 2.75) is 63.5 Å². The molecular formula is C42H44FN9O6. The molecule has 300 valence electrons. The summed E-state index contributed by atoms with van der Waals surface area (Å²) in [6.45, 7) is 4.40. The number of fused-ring (bicyclic) bond motifs is 2. The molecule has 9 rings (SSSR count). The van der Waals surface area contributed by atoms with Crippen molar-refractivity contribution in [2.75, 3.05) is 44.7 Å². The van der Waals surface area contributed by atoms with Gasteiger partial charge in [0, 0.05) is 62.7 Å². The lowest BCUT2D eigenvalue weighted by Gasteiger charge is -2.55. The van der Waals surface area contributed by atoms with E-state index in [-0.39, 0.29) is 35.5 Å². The average molecular weight is 790 g/mol. The second-order valence-electron chi connectivity index (χ2n) is 16.1. The second-order valence-corrected chi connectivity index (χ2v) is 16.1. The lowest BCUT2D eigenvalue weighted by atomic mass is 9.65. The van der Waals surface area contributed by atoms with E-state index < -0.39 is 29.6 Å². The summed E-state index contributed by atoms with van der Waals surface area (Å²) in [5.74, 6) is 0.0777. The van der Waals surface area contributed by atoms with Crippen LogP contribution in [0.1, 0.15) is 72.1 Å². The number of amides is 3. The van der Waals surface area contributed by atoms with E-state index in [1.165, 1.54) is 13.1 Å². The van der Waals surface area contributed by atoms with Crippen molar-refractivity contribution in [3.63, 3.8) is 0 Å². The lowest BCUT2D eigenvalue weighted by Crippen LogP contribution is -2.58. The number of likely N-dealkylation sites (N-methyl/N-ethyl adjacent to an activating group) is 1. The number of H-pyrrole nitrogens is 1. The maximum Gasteiger partial charge on any atom is 0.262 e. The minimum Gasteiger partial charge on any atom is -0.490 e. The first-order valence-corrected chi connectivity index (χ1v) is 20.0. The molecule has 3 fully saturated rings. The van der Waals surface area contributed by atoms with Crippen LogP contribution in [-0.2, 0) is 9.59 Å². The molecule has 3 aliphatic heterocycles. The van der Waals surface area contributed by atoms with Crippen molar-refractivity contribution in [2.24, 2.45) is 11.3 Å². The Balaban J connectivity index is 0.755. The van der Waals surface area contributed by atoms with Crippen LogP contribution in [0.5, 0.6) is 5.75 Å². The third-order valence-electron chi connectivity index (χ3n) is 12.5. The molecule has 3 amide bonds. The van der Waals surface area contributed by atoms with Gasteiger partial charge >= 0.3 is 0 Å². The molecule has 1 spiro atoms. The fourth-order valence-corrected chi connectivity index (χ4v) is 9.34. The molecule has 2 N–H and O–H groups in total. The number of aromatic amines is 1. The van der Waals surface area contributed by atoms with E-state index in [4.69, 9.17) is 9.26 Å². The largest absolute Gasteiger partial charge is 0.490 e. The molecule has 2 aromatic heterocycles. The number of carbonyl (C=O) groups excluding carboxylic acids is 4. The molecule has 4 aliphatic rings. The zero-order valence-corrected chi connectivity index (χ0v) is 32.2. The molecule has 1 saturated carbocycles. The number of ether oxygens (including phenoxy) is 1. The van der Waals surface area contributed by atoms with Crippen LogP contribution in [-0.4, -0.2) is 112 Å². The third kappa shape index (κ3) is 6.99. The predicted molar refractivity (Wildman–Crippen MR) is 209 cm³/mol. The number of halogens is 1. The average Bonchev–Trinajstić information content (AvgIpc) is 3.97. The van der Waals surface area contributed by atoms with Crippen LogP contribution in [0.3, 0.4) is 0 Å². The van der Waals surface area contributed by atoms with Gasteiger partial charge in [0.2, 0.25) is 11.7 Å². The van der Waals surface area contributed by atoms with E-state index in [9.17, 15) is 19.2 Å². The van der Waals surface area contributed by atoms with Gasteiger partial charge in [0.25, 0.3) is 11.8 Å². The highest BCUT2D eigenvalue weighted by Crippen LogP contribution is 2.48. The number of anilines is 1. The van der Waals surface area contributed by atoms with E-state index in [2.05, 4.69) is 36.0 Å². The van der Waals surface area contributed by atoms with Gasteiger partial charge < -0.3 is 29.2 Å². The summed E-state index contributed by atoms with van der Waals surface area (Å²) in [7, 11) is 1.40. The summed E-state index contributed by atoms with van der Waals surface area (Å²) in [6, 6.07) is 15.1. The van der Waals surface area contributed by atoms with Crippen molar-refractivity contribution >= 4 is 40.6 Å². The molecule has 2 saturated heterocycles. The molecule has 0 bridgehead atoms. The summed E-state index contributed by atoms with van der Waals surface area (Å²) < 4.78 is 27.8. The number of carbonyl (C=O) groups is 4. The number of nitrogens with one attached hydrogen (secondary N) is 2. The summed E-state index contributed by atoms with van der Waals surface area (Å²) >= 11 is 0. The first-order chi connectivity index (χ1) is 28.2. The number of imide groups is 1. The smallest absolute Gasteiger partial charge is 0.262 e. The van der Waals surface area contributed by atoms with Crippen molar-refractivity contribution in [1.29, 1.82) is 0 Å². The molecule has 1 atom stereocenters. The molecule has 0 radical (unpaired) electrons. The minimum atomic E-state index is -1.15. The summed E-state index contributed by atoms with van der Waals surface area (Å²) in [6.07, 6.45) is 6.99. The number of hydrogen-bond donors (Lipinski definition) is 2. The van der Waals surface area contributed by atoms with Gasteiger partial charge in [-0.1, -0.05) is 17.3 Å². The van der Waals surface area contributed by atoms with Crippen molar-refractivity contribution < 1.29 is 32.8 Å². The normalized spacial score (nSPS) is 19.1. The highest BCUT2D eigenvalue weighted by molar-refractivity contribution is 6.23. The summed E-state index contributed by atoms with van der Waals surface area (Å²) in [4.78, 5) is 55.6. The predicted octanol–water partition coefficient (Wildman–Crippen LogP) is 5.04. The SMILES string of the molecule is CNC(=O)C(CCC=O)N1C(=O)c2cc(F)c(N3CC4(CCC(CN5CCC(Oc6cccc(-c7onc8ccc(-c9nn[nH]n9)cc78)c6)CC5)CC4)C3)cc2C1=O. The van der Waals surface area contributed by atoms with Crippen LogP contribution in [0, 0.1) is 17.2 Å². The first kappa shape index (κ1) is 37.5. The number of aldehydes is 1. The number of tetrazole rings is 1. The molecule has 15 nitrogen and oxygen atoms in total. The molecule has 1 unspecified atom stereocenters. The zero-order chi connectivity index (χ0) is 40.0. The van der Waals surface area contributed by atoms with Crippen LogP contribution >= 0.6 is 0 Å². The van der Waals surface area contributed by atoms with Gasteiger partial charge in [-0.15, -0.1) is 10.2 Å². The minimum absolute atomic E-state index is 0.00110. The van der Waals surface area contributed by atoms with Crippen LogP contribution < -0.4 is 15.0 Å². The van der Waals surface area contributed by atoms with Gasteiger partial charge in [-0.3, -0.25) is 19.3 Å². The van der Waals surface area contributed by atoms with E-state index in [1.54, 1.807) is 0 Å². The van der Waals surface area contributed by atoms with E-state index in [1.807, 2.05) is 47.4 Å². The van der Waals surface area contributed by atoms with Gasteiger partial charge in [-0.2, -0.15) is 5.21 Å². The molecule has 5 heterocycles. The Morgan fingerprint density at radius 3 is 2.53 bits per heavy atom. The van der Waals surface area contributed by atoms with E-state index in [0.29, 0.717) is 42.6 Å². The van der Waals surface area contributed by atoms with Crippen molar-refractivity contribution in [1.82, 2.24) is 40.9 Å². The molecule has 1 aliphatic carbocycles. The Morgan fingerprint density at radius 1 is 1.03 bits per heavy atom. The monoisotopic (exact) mass is 789 g/mol.